The average Bonchev–Trinajstić information content (AvgIpc) is 3.45. The number of carbonyl (C=O) groups is 2. The van der Waals surface area contributed by atoms with Gasteiger partial charge in [0.2, 0.25) is 0 Å². The molecular formula is C21H30N3O4S+. The maximum absolute atomic E-state index is 13.0. The van der Waals surface area contributed by atoms with Gasteiger partial charge in [-0.15, -0.1) is 0 Å². The van der Waals surface area contributed by atoms with E-state index in [1.54, 1.807) is 6.92 Å². The van der Waals surface area contributed by atoms with Gasteiger partial charge in [0.15, 0.2) is 22.2 Å². The highest BCUT2D eigenvalue weighted by molar-refractivity contribution is 7.91. The predicted octanol–water partition coefficient (Wildman–Crippen LogP) is -0.228. The summed E-state index contributed by atoms with van der Waals surface area (Å²) in [6, 6.07) is 7.83. The van der Waals surface area contributed by atoms with Gasteiger partial charge >= 0.3 is 0 Å². The molecule has 4 rings (SSSR count). The molecular weight excluding hydrogens is 390 g/mol. The van der Waals surface area contributed by atoms with E-state index in [1.807, 2.05) is 29.2 Å². The van der Waals surface area contributed by atoms with E-state index in [0.717, 1.165) is 50.3 Å². The quantitative estimate of drug-likeness (QED) is 0.644. The lowest BCUT2D eigenvalue weighted by atomic mass is 10.1. The van der Waals surface area contributed by atoms with Gasteiger partial charge in [0.25, 0.3) is 5.91 Å². The Balaban J connectivity index is 1.31. The third kappa shape index (κ3) is 4.80. The summed E-state index contributed by atoms with van der Waals surface area (Å²) < 4.78 is 23.7. The van der Waals surface area contributed by atoms with Crippen LogP contribution in [0.2, 0.25) is 0 Å². The number of quaternary nitrogens is 1. The monoisotopic (exact) mass is 420 g/mol. The number of carbonyl (C=O) groups excluding carboxylic acids is 2. The van der Waals surface area contributed by atoms with Gasteiger partial charge in [-0.25, -0.2) is 8.42 Å². The number of hydrogen-bond acceptors (Lipinski definition) is 5. The van der Waals surface area contributed by atoms with Crippen LogP contribution in [0.5, 0.6) is 0 Å². The van der Waals surface area contributed by atoms with Crippen LogP contribution in [0.1, 0.15) is 36.5 Å². The number of rotatable bonds is 6. The number of ketones is 1. The first-order valence-electron chi connectivity index (χ1n) is 10.5. The zero-order chi connectivity index (χ0) is 20.6. The fraction of sp³-hybridized carbons (Fsp3) is 0.619. The summed E-state index contributed by atoms with van der Waals surface area (Å²) in [5.74, 6) is 0.528. The van der Waals surface area contributed by atoms with Crippen molar-refractivity contribution in [3.05, 3.63) is 29.8 Å². The van der Waals surface area contributed by atoms with E-state index in [4.69, 9.17) is 0 Å². The van der Waals surface area contributed by atoms with Crippen LogP contribution in [-0.4, -0.2) is 81.3 Å². The number of hydrogen-bond donors (Lipinski definition) is 1. The van der Waals surface area contributed by atoms with Crippen LogP contribution in [0.4, 0.5) is 5.69 Å². The van der Waals surface area contributed by atoms with Crippen LogP contribution in [0, 0.1) is 0 Å². The summed E-state index contributed by atoms with van der Waals surface area (Å²) in [6.45, 7) is 5.50. The predicted molar refractivity (Wildman–Crippen MR) is 111 cm³/mol. The SMILES string of the molecule is CC(=O)c1ccc(N2CC[NH+](CC(=O)N(C3CC3)[C@H]3CCS(=O)(=O)C3)CC2)cc1. The first-order chi connectivity index (χ1) is 13.8. The van der Waals surface area contributed by atoms with Crippen molar-refractivity contribution >= 4 is 27.2 Å². The van der Waals surface area contributed by atoms with Crippen LogP contribution in [-0.2, 0) is 14.6 Å². The third-order valence-electron chi connectivity index (χ3n) is 6.34. The molecule has 0 bridgehead atoms. The molecule has 2 heterocycles. The van der Waals surface area contributed by atoms with Crippen LogP contribution in [0.15, 0.2) is 24.3 Å². The van der Waals surface area contributed by atoms with Crippen molar-refractivity contribution in [2.45, 2.75) is 38.3 Å². The molecule has 0 unspecified atom stereocenters. The van der Waals surface area contributed by atoms with Gasteiger partial charge in [0.1, 0.15) is 0 Å². The smallest absolute Gasteiger partial charge is 0.278 e. The van der Waals surface area contributed by atoms with Gasteiger partial charge in [-0.1, -0.05) is 0 Å². The Morgan fingerprint density at radius 3 is 2.24 bits per heavy atom. The van der Waals surface area contributed by atoms with Crippen molar-refractivity contribution in [3.8, 4) is 0 Å². The summed E-state index contributed by atoms with van der Waals surface area (Å²) in [5.41, 5.74) is 1.83. The molecule has 8 heteroatoms. The molecule has 158 valence electrons. The van der Waals surface area contributed by atoms with Gasteiger partial charge in [-0.2, -0.15) is 0 Å². The molecule has 1 aromatic carbocycles. The molecule has 3 aliphatic rings. The van der Waals surface area contributed by atoms with Crippen molar-refractivity contribution in [1.29, 1.82) is 0 Å². The van der Waals surface area contributed by atoms with Gasteiger partial charge in [-0.3, -0.25) is 9.59 Å². The number of amides is 1. The molecule has 0 spiro atoms. The molecule has 1 N–H and O–H groups in total. The van der Waals surface area contributed by atoms with Crippen LogP contribution in [0.25, 0.3) is 0 Å². The number of benzene rings is 1. The second-order valence-corrected chi connectivity index (χ2v) is 10.8. The number of nitrogens with one attached hydrogen (secondary N) is 1. The maximum Gasteiger partial charge on any atom is 0.278 e. The number of nitrogens with zero attached hydrogens (tertiary/aromatic N) is 2. The molecule has 1 saturated carbocycles. The minimum atomic E-state index is -2.99. The number of Topliss-reactive ketones (excluding diaryl/α,β-unsaturated/α-hetero) is 1. The second kappa shape index (κ2) is 8.07. The highest BCUT2D eigenvalue weighted by atomic mass is 32.2. The molecule has 3 fully saturated rings. The van der Waals surface area contributed by atoms with Gasteiger partial charge < -0.3 is 14.7 Å². The Morgan fingerprint density at radius 2 is 1.72 bits per heavy atom. The summed E-state index contributed by atoms with van der Waals surface area (Å²) >= 11 is 0. The third-order valence-corrected chi connectivity index (χ3v) is 8.09. The minimum absolute atomic E-state index is 0.0691. The standard InChI is InChI=1S/C21H29N3O4S/c1-16(25)17-2-4-18(5-3-17)23-11-9-22(10-12-23)14-21(26)24(19-6-7-19)20-8-13-29(27,28)15-20/h2-5,19-20H,6-15H2,1H3/p+1/t20-/m0/s1. The molecule has 1 atom stereocenters. The van der Waals surface area contributed by atoms with Crippen LogP contribution >= 0.6 is 0 Å². The molecule has 1 amide bonds. The topological polar surface area (TPSA) is 79.2 Å². The Bertz CT molecular complexity index is 872. The zero-order valence-corrected chi connectivity index (χ0v) is 17.8. The van der Waals surface area contributed by atoms with Gasteiger partial charge in [0, 0.05) is 23.3 Å². The highest BCUT2D eigenvalue weighted by Crippen LogP contribution is 2.32. The zero-order valence-electron chi connectivity index (χ0n) is 17.0. The molecule has 2 saturated heterocycles. The lowest BCUT2D eigenvalue weighted by molar-refractivity contribution is -0.892. The van der Waals surface area contributed by atoms with E-state index < -0.39 is 9.84 Å². The van der Waals surface area contributed by atoms with Crippen molar-refractivity contribution in [2.24, 2.45) is 0 Å². The van der Waals surface area contributed by atoms with Gasteiger partial charge in [0.05, 0.1) is 37.7 Å². The van der Waals surface area contributed by atoms with E-state index in [-0.39, 0.29) is 35.3 Å². The first-order valence-corrected chi connectivity index (χ1v) is 12.4. The van der Waals surface area contributed by atoms with E-state index in [2.05, 4.69) is 4.90 Å². The van der Waals surface area contributed by atoms with E-state index in [1.165, 1.54) is 4.90 Å². The highest BCUT2D eigenvalue weighted by Gasteiger charge is 2.43. The lowest BCUT2D eigenvalue weighted by Crippen LogP contribution is -3.16. The Morgan fingerprint density at radius 1 is 1.07 bits per heavy atom. The maximum atomic E-state index is 13.0. The Hall–Kier alpha value is -1.93. The summed E-state index contributed by atoms with van der Waals surface area (Å²) in [4.78, 5) is 29.9. The lowest BCUT2D eigenvalue weighted by Gasteiger charge is -2.35. The normalized spacial score (nSPS) is 24.4. The van der Waals surface area contributed by atoms with E-state index >= 15 is 0 Å². The summed E-state index contributed by atoms with van der Waals surface area (Å²) in [7, 11) is -2.99. The Labute approximate surface area is 172 Å². The fourth-order valence-electron chi connectivity index (χ4n) is 4.52. The Kier molecular flexibility index (Phi) is 5.66. The molecule has 7 nitrogen and oxygen atoms in total. The number of anilines is 1. The molecule has 1 aliphatic carbocycles. The molecule has 1 aromatic rings. The average molecular weight is 421 g/mol. The number of sulfone groups is 1. The largest absolute Gasteiger partial charge is 0.360 e. The van der Waals surface area contributed by atoms with Crippen LogP contribution < -0.4 is 9.80 Å². The molecule has 0 aromatic heterocycles. The van der Waals surface area contributed by atoms with Crippen molar-refractivity contribution in [3.63, 3.8) is 0 Å². The van der Waals surface area contributed by atoms with E-state index in [9.17, 15) is 18.0 Å². The van der Waals surface area contributed by atoms with E-state index in [0.29, 0.717) is 13.0 Å². The van der Waals surface area contributed by atoms with Crippen molar-refractivity contribution in [1.82, 2.24) is 4.90 Å². The minimum Gasteiger partial charge on any atom is -0.360 e. The number of piperazine rings is 1. The van der Waals surface area contributed by atoms with Crippen molar-refractivity contribution < 1.29 is 22.9 Å². The van der Waals surface area contributed by atoms with Crippen molar-refractivity contribution in [2.75, 3.05) is 49.1 Å². The van der Waals surface area contributed by atoms with Crippen LogP contribution in [0.3, 0.4) is 0 Å². The second-order valence-electron chi connectivity index (χ2n) is 8.61. The summed E-state index contributed by atoms with van der Waals surface area (Å²) in [6.07, 6.45) is 2.59. The first kappa shape index (κ1) is 20.3. The molecule has 0 radical (unpaired) electrons. The van der Waals surface area contributed by atoms with Gasteiger partial charge in [-0.05, 0) is 50.5 Å². The fourth-order valence-corrected chi connectivity index (χ4v) is 6.23. The molecule has 29 heavy (non-hydrogen) atoms. The molecule has 2 aliphatic heterocycles. The summed E-state index contributed by atoms with van der Waals surface area (Å²) in [5, 5.41) is 0.